The van der Waals surface area contributed by atoms with Gasteiger partial charge in [0.1, 0.15) is 17.4 Å². The van der Waals surface area contributed by atoms with Crippen LogP contribution in [0.4, 0.5) is 10.2 Å². The van der Waals surface area contributed by atoms with Crippen molar-refractivity contribution >= 4 is 11.7 Å². The Morgan fingerprint density at radius 1 is 1.19 bits per heavy atom. The molecule has 0 radical (unpaired) electrons. The van der Waals surface area contributed by atoms with Gasteiger partial charge in [0.05, 0.1) is 18.7 Å². The van der Waals surface area contributed by atoms with E-state index in [9.17, 15) is 14.0 Å². The van der Waals surface area contributed by atoms with E-state index in [1.807, 2.05) is 29.2 Å². The molecule has 4 rings (SSSR count). The molecule has 166 valence electrons. The fourth-order valence-corrected chi connectivity index (χ4v) is 3.88. The summed E-state index contributed by atoms with van der Waals surface area (Å²) in [4.78, 5) is 27.1. The van der Waals surface area contributed by atoms with Gasteiger partial charge in [-0.1, -0.05) is 18.2 Å². The predicted octanol–water partition coefficient (Wildman–Crippen LogP) is 2.91. The van der Waals surface area contributed by atoms with Crippen molar-refractivity contribution in [2.75, 3.05) is 25.1 Å². The lowest BCUT2D eigenvalue weighted by molar-refractivity contribution is -0.125. The third-order valence-corrected chi connectivity index (χ3v) is 5.56. The van der Waals surface area contributed by atoms with Crippen LogP contribution >= 0.6 is 0 Å². The maximum atomic E-state index is 13.6. The van der Waals surface area contributed by atoms with Crippen molar-refractivity contribution in [3.05, 3.63) is 82.4 Å². The maximum absolute atomic E-state index is 13.6. The summed E-state index contributed by atoms with van der Waals surface area (Å²) < 4.78 is 20.0. The molecule has 32 heavy (non-hydrogen) atoms. The first kappa shape index (κ1) is 21.5. The van der Waals surface area contributed by atoms with E-state index in [0.29, 0.717) is 24.6 Å². The molecule has 0 unspecified atom stereocenters. The number of halogens is 1. The van der Waals surface area contributed by atoms with E-state index < -0.39 is 5.82 Å². The van der Waals surface area contributed by atoms with E-state index in [0.717, 1.165) is 30.7 Å². The van der Waals surface area contributed by atoms with Crippen molar-refractivity contribution < 1.29 is 13.9 Å². The van der Waals surface area contributed by atoms with Gasteiger partial charge in [0.25, 0.3) is 5.56 Å². The van der Waals surface area contributed by atoms with Gasteiger partial charge in [-0.2, -0.15) is 4.68 Å². The number of nitrogens with one attached hydrogen (secondary N) is 1. The van der Waals surface area contributed by atoms with Crippen molar-refractivity contribution in [3.63, 3.8) is 0 Å². The average molecular weight is 436 g/mol. The first-order chi connectivity index (χ1) is 15.5. The summed E-state index contributed by atoms with van der Waals surface area (Å²) in [5, 5.41) is 7.44. The third-order valence-electron chi connectivity index (χ3n) is 5.56. The van der Waals surface area contributed by atoms with E-state index in [1.165, 1.54) is 28.9 Å². The Hall–Kier alpha value is -3.68. The largest absolute Gasteiger partial charge is 0.497 e. The molecular formula is C24H25FN4O3. The van der Waals surface area contributed by atoms with Crippen LogP contribution in [0.1, 0.15) is 18.4 Å². The van der Waals surface area contributed by atoms with E-state index in [1.54, 1.807) is 19.2 Å². The number of piperidine rings is 1. The fourth-order valence-electron chi connectivity index (χ4n) is 3.88. The van der Waals surface area contributed by atoms with Crippen LogP contribution in [0.15, 0.2) is 65.5 Å². The van der Waals surface area contributed by atoms with E-state index >= 15 is 0 Å². The smallest absolute Gasteiger partial charge is 0.271 e. The monoisotopic (exact) mass is 436 g/mol. The van der Waals surface area contributed by atoms with Crippen LogP contribution in [0.25, 0.3) is 5.69 Å². The number of nitrogens with zero attached hydrogens (tertiary/aromatic N) is 3. The number of methoxy groups -OCH3 is 1. The van der Waals surface area contributed by atoms with Crippen molar-refractivity contribution in [1.29, 1.82) is 0 Å². The molecule has 1 fully saturated rings. The number of carbonyl (C=O) groups is 1. The van der Waals surface area contributed by atoms with Crippen molar-refractivity contribution in [3.8, 4) is 11.4 Å². The molecule has 2 aromatic carbocycles. The molecule has 1 atom stereocenters. The summed E-state index contributed by atoms with van der Waals surface area (Å²) in [5.41, 5.74) is 0.986. The lowest BCUT2D eigenvalue weighted by Crippen LogP contribution is -2.43. The van der Waals surface area contributed by atoms with Crippen LogP contribution in [0.5, 0.6) is 5.75 Å². The van der Waals surface area contributed by atoms with E-state index in [2.05, 4.69) is 10.4 Å². The summed E-state index contributed by atoms with van der Waals surface area (Å²) in [5.74, 6) is 0.688. The summed E-state index contributed by atoms with van der Waals surface area (Å²) in [7, 11) is 1.61. The molecule has 1 aliphatic heterocycles. The SMILES string of the molecule is COc1cccc(CNC(=O)[C@@H]2CCCN(c3ccc(=O)n(-c4cccc(F)c4)n3)C2)c1. The Morgan fingerprint density at radius 2 is 2.03 bits per heavy atom. The van der Waals surface area contributed by atoms with Gasteiger partial charge in [0, 0.05) is 25.7 Å². The van der Waals surface area contributed by atoms with Gasteiger partial charge in [-0.15, -0.1) is 5.10 Å². The molecular weight excluding hydrogens is 411 g/mol. The molecule has 7 nitrogen and oxygen atoms in total. The molecule has 0 spiro atoms. The maximum Gasteiger partial charge on any atom is 0.271 e. The van der Waals surface area contributed by atoms with E-state index in [-0.39, 0.29) is 17.4 Å². The Morgan fingerprint density at radius 3 is 2.84 bits per heavy atom. The highest BCUT2D eigenvalue weighted by molar-refractivity contribution is 5.79. The van der Waals surface area contributed by atoms with Gasteiger partial charge in [-0.3, -0.25) is 9.59 Å². The summed E-state index contributed by atoms with van der Waals surface area (Å²) in [6.07, 6.45) is 1.61. The standard InChI is InChI=1S/C24H25FN4O3/c1-32-21-9-2-5-17(13-21)15-26-24(31)18-6-4-12-28(16-18)22-10-11-23(30)29(27-22)20-8-3-7-19(25)14-20/h2-3,5,7-11,13-14,18H,4,6,12,15-16H2,1H3,(H,26,31)/t18-/m1/s1. The van der Waals surface area contributed by atoms with Gasteiger partial charge in [0.2, 0.25) is 5.91 Å². The van der Waals surface area contributed by atoms with Crippen LogP contribution in [0, 0.1) is 11.7 Å². The Kier molecular flexibility index (Phi) is 6.49. The lowest BCUT2D eigenvalue weighted by Gasteiger charge is -2.33. The minimum Gasteiger partial charge on any atom is -0.497 e. The molecule has 1 N–H and O–H groups in total. The second-order valence-electron chi connectivity index (χ2n) is 7.78. The second kappa shape index (κ2) is 9.64. The highest BCUT2D eigenvalue weighted by Gasteiger charge is 2.27. The minimum absolute atomic E-state index is 0.0176. The van der Waals surface area contributed by atoms with Gasteiger partial charge in [-0.25, -0.2) is 4.39 Å². The first-order valence-corrected chi connectivity index (χ1v) is 10.6. The average Bonchev–Trinajstić information content (AvgIpc) is 2.83. The molecule has 3 aromatic rings. The molecule has 1 amide bonds. The number of hydrogen-bond acceptors (Lipinski definition) is 5. The number of ether oxygens (including phenoxy) is 1. The van der Waals surface area contributed by atoms with Crippen molar-refractivity contribution in [2.24, 2.45) is 5.92 Å². The number of carbonyl (C=O) groups excluding carboxylic acids is 1. The Balaban J connectivity index is 1.45. The molecule has 0 bridgehead atoms. The quantitative estimate of drug-likeness (QED) is 0.643. The minimum atomic E-state index is -0.438. The number of amides is 1. The van der Waals surface area contributed by atoms with Crippen LogP contribution in [-0.2, 0) is 11.3 Å². The lowest BCUT2D eigenvalue weighted by atomic mass is 9.97. The number of anilines is 1. The molecule has 1 aliphatic rings. The molecule has 1 saturated heterocycles. The summed E-state index contributed by atoms with van der Waals surface area (Å²) in [6.45, 7) is 1.65. The topological polar surface area (TPSA) is 76.5 Å². The van der Waals surface area contributed by atoms with E-state index in [4.69, 9.17) is 4.74 Å². The van der Waals surface area contributed by atoms with Gasteiger partial charge < -0.3 is 15.0 Å². The van der Waals surface area contributed by atoms with Crippen LogP contribution in [-0.4, -0.2) is 35.9 Å². The number of rotatable bonds is 6. The van der Waals surface area contributed by atoms with Crippen LogP contribution < -0.4 is 20.5 Å². The zero-order valence-corrected chi connectivity index (χ0v) is 17.8. The number of hydrogen-bond donors (Lipinski definition) is 1. The highest BCUT2D eigenvalue weighted by Crippen LogP contribution is 2.22. The van der Waals surface area contributed by atoms with Gasteiger partial charge in [0.15, 0.2) is 0 Å². The van der Waals surface area contributed by atoms with Crippen molar-refractivity contribution in [2.45, 2.75) is 19.4 Å². The highest BCUT2D eigenvalue weighted by atomic mass is 19.1. The molecule has 0 aliphatic carbocycles. The third kappa shape index (κ3) is 4.96. The first-order valence-electron chi connectivity index (χ1n) is 10.6. The van der Waals surface area contributed by atoms with Crippen LogP contribution in [0.2, 0.25) is 0 Å². The molecule has 1 aromatic heterocycles. The molecule has 8 heteroatoms. The Bertz CT molecular complexity index is 1160. The Labute approximate surface area is 185 Å². The van der Waals surface area contributed by atoms with Crippen molar-refractivity contribution in [1.82, 2.24) is 15.1 Å². The zero-order valence-electron chi connectivity index (χ0n) is 17.8. The number of aromatic nitrogens is 2. The predicted molar refractivity (Wildman–Crippen MR) is 120 cm³/mol. The second-order valence-corrected chi connectivity index (χ2v) is 7.78. The molecule has 2 heterocycles. The summed E-state index contributed by atoms with van der Waals surface area (Å²) in [6, 6.07) is 16.4. The number of benzene rings is 2. The normalized spacial score (nSPS) is 15.9. The summed E-state index contributed by atoms with van der Waals surface area (Å²) >= 11 is 0. The fraction of sp³-hybridized carbons (Fsp3) is 0.292. The van der Waals surface area contributed by atoms with Gasteiger partial charge >= 0.3 is 0 Å². The van der Waals surface area contributed by atoms with Crippen LogP contribution in [0.3, 0.4) is 0 Å². The molecule has 0 saturated carbocycles. The zero-order chi connectivity index (χ0) is 22.5. The van der Waals surface area contributed by atoms with Gasteiger partial charge in [-0.05, 0) is 54.8 Å².